The van der Waals surface area contributed by atoms with Crippen LogP contribution in [0.15, 0.2) is 30.5 Å². The van der Waals surface area contributed by atoms with E-state index in [0.717, 1.165) is 5.69 Å². The Balaban J connectivity index is 1.73. The lowest BCUT2D eigenvalue weighted by Crippen LogP contribution is -2.32. The van der Waals surface area contributed by atoms with Crippen molar-refractivity contribution in [2.24, 2.45) is 0 Å². The SMILES string of the molecule is COC(=O)CCN1C(=S)NC(c2ccccn2)C1c1cc(C)n(C2CCCCC2)c1C. The Labute approximate surface area is 190 Å². The van der Waals surface area contributed by atoms with E-state index >= 15 is 0 Å². The third kappa shape index (κ3) is 4.33. The molecule has 2 aromatic rings. The number of thiocarbonyl (C=S) groups is 1. The highest BCUT2D eigenvalue weighted by Crippen LogP contribution is 2.42. The Morgan fingerprint density at radius 2 is 2.03 bits per heavy atom. The van der Waals surface area contributed by atoms with Crippen LogP contribution in [0.5, 0.6) is 0 Å². The number of rotatable bonds is 6. The zero-order chi connectivity index (χ0) is 22.0. The summed E-state index contributed by atoms with van der Waals surface area (Å²) in [5, 5.41) is 4.14. The molecule has 0 radical (unpaired) electrons. The number of nitrogens with zero attached hydrogens (tertiary/aromatic N) is 3. The molecule has 1 aliphatic carbocycles. The number of pyridine rings is 1. The van der Waals surface area contributed by atoms with Gasteiger partial charge >= 0.3 is 5.97 Å². The van der Waals surface area contributed by atoms with Crippen molar-refractivity contribution in [2.75, 3.05) is 13.7 Å². The topological polar surface area (TPSA) is 59.4 Å². The van der Waals surface area contributed by atoms with Crippen LogP contribution in [-0.2, 0) is 9.53 Å². The summed E-state index contributed by atoms with van der Waals surface area (Å²) in [5.41, 5.74) is 4.81. The molecule has 7 heteroatoms. The van der Waals surface area contributed by atoms with Crippen molar-refractivity contribution < 1.29 is 9.53 Å². The number of hydrogen-bond donors (Lipinski definition) is 1. The minimum Gasteiger partial charge on any atom is -0.469 e. The first-order valence-corrected chi connectivity index (χ1v) is 11.6. The molecule has 0 spiro atoms. The fraction of sp³-hybridized carbons (Fsp3) is 0.542. The summed E-state index contributed by atoms with van der Waals surface area (Å²) < 4.78 is 7.41. The number of hydrogen-bond acceptors (Lipinski definition) is 4. The molecule has 1 saturated carbocycles. The largest absolute Gasteiger partial charge is 0.469 e. The summed E-state index contributed by atoms with van der Waals surface area (Å²) >= 11 is 5.72. The summed E-state index contributed by atoms with van der Waals surface area (Å²) in [5.74, 6) is -0.226. The summed E-state index contributed by atoms with van der Waals surface area (Å²) in [6, 6.07) is 8.77. The maximum atomic E-state index is 11.9. The van der Waals surface area contributed by atoms with Crippen LogP contribution in [0.1, 0.15) is 79.3 Å². The van der Waals surface area contributed by atoms with Crippen molar-refractivity contribution >= 4 is 23.3 Å². The standard InChI is InChI=1S/C24H32N4O2S/c1-16-15-19(17(2)28(16)18-9-5-4-6-10-18)23-22(20-11-7-8-13-25-20)26-24(31)27(23)14-12-21(29)30-3/h7-8,11,13,15,18,22-23H,4-6,9-10,12,14H2,1-3H3,(H,26,31). The Bertz CT molecular complexity index is 937. The van der Waals surface area contributed by atoms with E-state index in [0.29, 0.717) is 24.1 Å². The van der Waals surface area contributed by atoms with Gasteiger partial charge in [0.1, 0.15) is 0 Å². The summed E-state index contributed by atoms with van der Waals surface area (Å²) in [6.07, 6.45) is 8.54. The van der Waals surface area contributed by atoms with Crippen molar-refractivity contribution in [3.63, 3.8) is 0 Å². The molecule has 3 heterocycles. The van der Waals surface area contributed by atoms with Crippen LogP contribution in [0, 0.1) is 13.8 Å². The van der Waals surface area contributed by atoms with Crippen molar-refractivity contribution in [1.82, 2.24) is 19.8 Å². The van der Waals surface area contributed by atoms with E-state index in [-0.39, 0.29) is 18.1 Å². The van der Waals surface area contributed by atoms with Crippen LogP contribution >= 0.6 is 12.2 Å². The molecule has 0 bridgehead atoms. The molecule has 1 aliphatic heterocycles. The fourth-order valence-electron chi connectivity index (χ4n) is 5.30. The van der Waals surface area contributed by atoms with Crippen LogP contribution < -0.4 is 5.32 Å². The summed E-state index contributed by atoms with van der Waals surface area (Å²) in [6.45, 7) is 4.95. The monoisotopic (exact) mass is 440 g/mol. The third-order valence-corrected chi connectivity index (χ3v) is 7.12. The minimum absolute atomic E-state index is 0.0180. The van der Waals surface area contributed by atoms with Gasteiger partial charge < -0.3 is 19.5 Å². The molecular weight excluding hydrogens is 408 g/mol. The maximum absolute atomic E-state index is 11.9. The van der Waals surface area contributed by atoms with E-state index in [1.807, 2.05) is 24.4 Å². The van der Waals surface area contributed by atoms with Crippen LogP contribution in [-0.4, -0.2) is 39.2 Å². The molecule has 4 rings (SSSR count). The normalized spacial score (nSPS) is 21.9. The van der Waals surface area contributed by atoms with E-state index in [4.69, 9.17) is 17.0 Å². The molecular formula is C24H32N4O2S. The van der Waals surface area contributed by atoms with Gasteiger partial charge in [0.25, 0.3) is 0 Å². The zero-order valence-electron chi connectivity index (χ0n) is 18.6. The van der Waals surface area contributed by atoms with E-state index in [9.17, 15) is 4.79 Å². The molecule has 31 heavy (non-hydrogen) atoms. The number of methoxy groups -OCH3 is 1. The smallest absolute Gasteiger partial charge is 0.307 e. The Hall–Kier alpha value is -2.41. The van der Waals surface area contributed by atoms with Crippen molar-refractivity contribution in [3.05, 3.63) is 53.1 Å². The molecule has 1 N–H and O–H groups in total. The number of aryl methyl sites for hydroxylation is 1. The predicted molar refractivity (Wildman–Crippen MR) is 125 cm³/mol. The second-order valence-corrected chi connectivity index (χ2v) is 9.02. The van der Waals surface area contributed by atoms with Gasteiger partial charge in [-0.1, -0.05) is 25.3 Å². The molecule has 2 unspecified atom stereocenters. The van der Waals surface area contributed by atoms with Crippen LogP contribution in [0.2, 0.25) is 0 Å². The van der Waals surface area contributed by atoms with Gasteiger partial charge in [0.15, 0.2) is 5.11 Å². The Morgan fingerprint density at radius 1 is 1.26 bits per heavy atom. The Kier molecular flexibility index (Phi) is 6.60. The number of carbonyl (C=O) groups excluding carboxylic acids is 1. The first-order chi connectivity index (χ1) is 15.0. The van der Waals surface area contributed by atoms with Gasteiger partial charge in [-0.2, -0.15) is 0 Å². The third-order valence-electron chi connectivity index (χ3n) is 6.76. The highest BCUT2D eigenvalue weighted by Gasteiger charge is 2.41. The fourth-order valence-corrected chi connectivity index (χ4v) is 5.63. The molecule has 2 fully saturated rings. The second-order valence-electron chi connectivity index (χ2n) is 8.63. The molecule has 1 saturated heterocycles. The number of carbonyl (C=O) groups is 1. The van der Waals surface area contributed by atoms with Gasteiger partial charge in [0.2, 0.25) is 0 Å². The quantitative estimate of drug-likeness (QED) is 0.526. The van der Waals surface area contributed by atoms with E-state index in [1.54, 1.807) is 0 Å². The molecule has 2 aromatic heterocycles. The van der Waals surface area contributed by atoms with Gasteiger partial charge in [-0.25, -0.2) is 0 Å². The van der Waals surface area contributed by atoms with Crippen LogP contribution in [0.4, 0.5) is 0 Å². The molecule has 0 aromatic carbocycles. The van der Waals surface area contributed by atoms with Gasteiger partial charge in [0, 0.05) is 30.2 Å². The zero-order valence-corrected chi connectivity index (χ0v) is 19.5. The number of aromatic nitrogens is 2. The lowest BCUT2D eigenvalue weighted by Gasteiger charge is -2.29. The highest BCUT2D eigenvalue weighted by molar-refractivity contribution is 7.80. The predicted octanol–water partition coefficient (Wildman–Crippen LogP) is 4.54. The average molecular weight is 441 g/mol. The average Bonchev–Trinajstić information content (AvgIpc) is 3.28. The lowest BCUT2D eigenvalue weighted by atomic mass is 9.94. The van der Waals surface area contributed by atoms with Gasteiger partial charge in [-0.3, -0.25) is 9.78 Å². The van der Waals surface area contributed by atoms with Gasteiger partial charge in [-0.05, 0) is 62.7 Å². The summed E-state index contributed by atoms with van der Waals surface area (Å²) in [4.78, 5) is 18.6. The minimum atomic E-state index is -0.226. The number of nitrogens with one attached hydrogen (secondary N) is 1. The number of esters is 1. The van der Waals surface area contributed by atoms with Crippen molar-refractivity contribution in [2.45, 2.75) is 70.5 Å². The Morgan fingerprint density at radius 3 is 2.71 bits per heavy atom. The molecule has 2 aliphatic rings. The first kappa shape index (κ1) is 21.8. The molecule has 166 valence electrons. The molecule has 6 nitrogen and oxygen atoms in total. The second kappa shape index (κ2) is 9.39. The van der Waals surface area contributed by atoms with Crippen LogP contribution in [0.3, 0.4) is 0 Å². The van der Waals surface area contributed by atoms with Crippen molar-refractivity contribution in [3.8, 4) is 0 Å². The first-order valence-electron chi connectivity index (χ1n) is 11.2. The van der Waals surface area contributed by atoms with E-state index in [1.165, 1.54) is 56.2 Å². The molecule has 0 amide bonds. The van der Waals surface area contributed by atoms with Gasteiger partial charge in [-0.15, -0.1) is 0 Å². The van der Waals surface area contributed by atoms with E-state index in [2.05, 4.69) is 39.7 Å². The van der Waals surface area contributed by atoms with E-state index < -0.39 is 0 Å². The lowest BCUT2D eigenvalue weighted by molar-refractivity contribution is -0.140. The summed E-state index contributed by atoms with van der Waals surface area (Å²) in [7, 11) is 1.43. The molecule has 2 atom stereocenters. The van der Waals surface area contributed by atoms with Gasteiger partial charge in [0.05, 0.1) is 31.3 Å². The maximum Gasteiger partial charge on any atom is 0.307 e. The van der Waals surface area contributed by atoms with Crippen molar-refractivity contribution in [1.29, 1.82) is 0 Å². The highest BCUT2D eigenvalue weighted by atomic mass is 32.1. The number of ether oxygens (including phenoxy) is 1. The van der Waals surface area contributed by atoms with Crippen LogP contribution in [0.25, 0.3) is 0 Å².